The summed E-state index contributed by atoms with van der Waals surface area (Å²) in [6.07, 6.45) is 0. The molecule has 0 saturated carbocycles. The number of aryl methyl sites for hydroxylation is 2. The molecule has 2 aromatic rings. The highest BCUT2D eigenvalue weighted by atomic mass is 35.5. The van der Waals surface area contributed by atoms with Crippen LogP contribution in [0.25, 0.3) is 0 Å². The van der Waals surface area contributed by atoms with E-state index in [2.05, 4.69) is 4.98 Å². The smallest absolute Gasteiger partial charge is 0.0798 e. The van der Waals surface area contributed by atoms with Crippen LogP contribution >= 0.6 is 22.9 Å². The summed E-state index contributed by atoms with van der Waals surface area (Å²) in [5.74, 6) is 0. The molecule has 0 aliphatic rings. The normalized spacial score (nSPS) is 12.8. The molecule has 0 aliphatic heterocycles. The van der Waals surface area contributed by atoms with Crippen LogP contribution in [0.15, 0.2) is 23.7 Å². The van der Waals surface area contributed by atoms with E-state index in [0.29, 0.717) is 0 Å². The Hall–Kier alpha value is -0.900. The van der Waals surface area contributed by atoms with Crippen molar-refractivity contribution in [3.05, 3.63) is 50.4 Å². The van der Waals surface area contributed by atoms with E-state index in [0.717, 1.165) is 26.7 Å². The summed E-state index contributed by atoms with van der Waals surface area (Å²) >= 11 is 7.67. The fraction of sp³-hybridized carbons (Fsp3) is 0.250. The number of aromatic nitrogens is 1. The van der Waals surface area contributed by atoms with E-state index in [9.17, 15) is 0 Å². The van der Waals surface area contributed by atoms with Crippen molar-refractivity contribution in [1.82, 2.24) is 4.98 Å². The Morgan fingerprint density at radius 3 is 2.69 bits per heavy atom. The predicted octanol–water partition coefficient (Wildman–Crippen LogP) is 3.46. The van der Waals surface area contributed by atoms with Crippen LogP contribution in [-0.2, 0) is 0 Å². The molecule has 16 heavy (non-hydrogen) atoms. The van der Waals surface area contributed by atoms with Crippen molar-refractivity contribution >= 4 is 22.9 Å². The molecule has 2 nitrogen and oxygen atoms in total. The summed E-state index contributed by atoms with van der Waals surface area (Å²) in [7, 11) is 0. The van der Waals surface area contributed by atoms with E-state index in [1.54, 1.807) is 11.3 Å². The first-order valence-corrected chi connectivity index (χ1v) is 6.27. The molecule has 0 aliphatic carbocycles. The Balaban J connectivity index is 2.38. The summed E-state index contributed by atoms with van der Waals surface area (Å²) in [5, 5.41) is 0.759. The van der Waals surface area contributed by atoms with Crippen LogP contribution in [0.2, 0.25) is 5.02 Å². The first-order chi connectivity index (χ1) is 7.59. The van der Waals surface area contributed by atoms with Gasteiger partial charge in [-0.1, -0.05) is 23.7 Å². The Labute approximate surface area is 104 Å². The summed E-state index contributed by atoms with van der Waals surface area (Å²) in [6.45, 7) is 3.96. The van der Waals surface area contributed by atoms with Crippen molar-refractivity contribution in [3.8, 4) is 0 Å². The molecule has 0 bridgehead atoms. The zero-order valence-electron chi connectivity index (χ0n) is 9.20. The Morgan fingerprint density at radius 2 is 2.12 bits per heavy atom. The average Bonchev–Trinajstić information content (AvgIpc) is 2.67. The van der Waals surface area contributed by atoms with Crippen molar-refractivity contribution in [2.45, 2.75) is 19.9 Å². The third-order valence-corrected chi connectivity index (χ3v) is 4.04. The van der Waals surface area contributed by atoms with Crippen molar-refractivity contribution < 1.29 is 0 Å². The lowest BCUT2D eigenvalue weighted by atomic mass is 10.0. The fourth-order valence-corrected chi connectivity index (χ4v) is 2.58. The summed E-state index contributed by atoms with van der Waals surface area (Å²) < 4.78 is 0. The molecular formula is C12H13ClN2S. The molecule has 1 aromatic heterocycles. The minimum absolute atomic E-state index is 0.134. The van der Waals surface area contributed by atoms with E-state index >= 15 is 0 Å². The van der Waals surface area contributed by atoms with Crippen LogP contribution in [0.4, 0.5) is 0 Å². The molecule has 0 spiro atoms. The van der Waals surface area contributed by atoms with Gasteiger partial charge in [0.15, 0.2) is 0 Å². The van der Waals surface area contributed by atoms with Crippen molar-refractivity contribution in [2.75, 3.05) is 0 Å². The van der Waals surface area contributed by atoms with Gasteiger partial charge in [-0.05, 0) is 31.0 Å². The highest BCUT2D eigenvalue weighted by molar-refractivity contribution is 7.09. The van der Waals surface area contributed by atoms with Gasteiger partial charge >= 0.3 is 0 Å². The number of hydrogen-bond donors (Lipinski definition) is 1. The van der Waals surface area contributed by atoms with E-state index in [4.69, 9.17) is 17.3 Å². The fourth-order valence-electron chi connectivity index (χ4n) is 1.56. The molecule has 84 valence electrons. The number of rotatable bonds is 2. The summed E-state index contributed by atoms with van der Waals surface area (Å²) in [5.41, 5.74) is 11.1. The van der Waals surface area contributed by atoms with Gasteiger partial charge in [0, 0.05) is 9.90 Å². The number of halogens is 1. The predicted molar refractivity (Wildman–Crippen MR) is 69.1 cm³/mol. The van der Waals surface area contributed by atoms with Gasteiger partial charge in [-0.25, -0.2) is 4.98 Å². The number of thiazole rings is 1. The van der Waals surface area contributed by atoms with Crippen molar-refractivity contribution in [2.24, 2.45) is 5.73 Å². The van der Waals surface area contributed by atoms with Gasteiger partial charge in [-0.15, -0.1) is 11.3 Å². The molecular weight excluding hydrogens is 240 g/mol. The number of hydrogen-bond acceptors (Lipinski definition) is 3. The van der Waals surface area contributed by atoms with Crippen LogP contribution < -0.4 is 5.73 Å². The standard InChI is InChI=1S/C12H13ClN2S/c1-7-3-4-9(5-10(7)13)11(14)12-8(2)15-6-16-12/h3-6,11H,14H2,1-2H3. The third-order valence-electron chi connectivity index (χ3n) is 2.62. The highest BCUT2D eigenvalue weighted by Crippen LogP contribution is 2.28. The minimum atomic E-state index is -0.134. The highest BCUT2D eigenvalue weighted by Gasteiger charge is 2.14. The van der Waals surface area contributed by atoms with Crippen molar-refractivity contribution in [3.63, 3.8) is 0 Å². The topological polar surface area (TPSA) is 38.9 Å². The van der Waals surface area contributed by atoms with Gasteiger partial charge in [0.05, 0.1) is 17.2 Å². The Bertz CT molecular complexity index is 507. The lowest BCUT2D eigenvalue weighted by molar-refractivity contribution is 0.877. The first kappa shape index (κ1) is 11.6. The molecule has 1 heterocycles. The molecule has 1 atom stereocenters. The van der Waals surface area contributed by atoms with Gasteiger partial charge in [0.25, 0.3) is 0 Å². The quantitative estimate of drug-likeness (QED) is 0.889. The Kier molecular flexibility index (Phi) is 3.28. The molecule has 1 unspecified atom stereocenters. The molecule has 0 amide bonds. The SMILES string of the molecule is Cc1ccc(C(N)c2scnc2C)cc1Cl. The summed E-state index contributed by atoms with van der Waals surface area (Å²) in [4.78, 5) is 5.31. The molecule has 2 N–H and O–H groups in total. The van der Waals surface area contributed by atoms with Crippen molar-refractivity contribution in [1.29, 1.82) is 0 Å². The molecule has 4 heteroatoms. The zero-order chi connectivity index (χ0) is 11.7. The van der Waals surface area contributed by atoms with Crippen LogP contribution in [0.5, 0.6) is 0 Å². The maximum absolute atomic E-state index is 6.19. The summed E-state index contributed by atoms with van der Waals surface area (Å²) in [6, 6.07) is 5.81. The first-order valence-electron chi connectivity index (χ1n) is 5.01. The second-order valence-electron chi connectivity index (χ2n) is 3.79. The van der Waals surface area contributed by atoms with E-state index in [1.165, 1.54) is 0 Å². The third kappa shape index (κ3) is 2.12. The number of benzene rings is 1. The van der Waals surface area contributed by atoms with Gasteiger partial charge in [-0.3, -0.25) is 0 Å². The molecule has 2 rings (SSSR count). The van der Waals surface area contributed by atoms with Gasteiger partial charge in [-0.2, -0.15) is 0 Å². The maximum Gasteiger partial charge on any atom is 0.0798 e. The van der Waals surface area contributed by atoms with Crippen LogP contribution in [0.3, 0.4) is 0 Å². The van der Waals surface area contributed by atoms with E-state index < -0.39 is 0 Å². The van der Waals surface area contributed by atoms with Gasteiger partial charge in [0.2, 0.25) is 0 Å². The molecule has 1 aromatic carbocycles. The second-order valence-corrected chi connectivity index (χ2v) is 5.08. The molecule has 0 fully saturated rings. The minimum Gasteiger partial charge on any atom is -0.320 e. The lowest BCUT2D eigenvalue weighted by Gasteiger charge is -2.12. The molecule has 0 radical (unpaired) electrons. The van der Waals surface area contributed by atoms with Crippen LogP contribution in [0.1, 0.15) is 27.7 Å². The van der Waals surface area contributed by atoms with Gasteiger partial charge < -0.3 is 5.73 Å². The largest absolute Gasteiger partial charge is 0.320 e. The van der Waals surface area contributed by atoms with Crippen LogP contribution in [0, 0.1) is 13.8 Å². The number of nitrogens with zero attached hydrogens (tertiary/aromatic N) is 1. The van der Waals surface area contributed by atoms with E-state index in [-0.39, 0.29) is 6.04 Å². The lowest BCUT2D eigenvalue weighted by Crippen LogP contribution is -2.11. The monoisotopic (exact) mass is 252 g/mol. The van der Waals surface area contributed by atoms with Gasteiger partial charge in [0.1, 0.15) is 0 Å². The van der Waals surface area contributed by atoms with Crippen LogP contribution in [-0.4, -0.2) is 4.98 Å². The average molecular weight is 253 g/mol. The molecule has 0 saturated heterocycles. The number of nitrogens with two attached hydrogens (primary N) is 1. The Morgan fingerprint density at radius 1 is 1.38 bits per heavy atom. The van der Waals surface area contributed by atoms with E-state index in [1.807, 2.05) is 37.6 Å². The maximum atomic E-state index is 6.19. The zero-order valence-corrected chi connectivity index (χ0v) is 10.8. The second kappa shape index (κ2) is 4.53.